The predicted molar refractivity (Wildman–Crippen MR) is 79.9 cm³/mol. The molecule has 20 heavy (non-hydrogen) atoms. The molecule has 5 nitrogen and oxygen atoms in total. The molecule has 3 N–H and O–H groups in total. The molecule has 108 valence electrons. The van der Waals surface area contributed by atoms with Crippen LogP contribution in [0.25, 0.3) is 0 Å². The molecule has 0 saturated heterocycles. The lowest BCUT2D eigenvalue weighted by molar-refractivity contribution is -0.125. The van der Waals surface area contributed by atoms with Gasteiger partial charge in [0.1, 0.15) is 6.04 Å². The van der Waals surface area contributed by atoms with Crippen LogP contribution >= 0.6 is 0 Å². The quantitative estimate of drug-likeness (QED) is 0.789. The lowest BCUT2D eigenvalue weighted by Gasteiger charge is -2.27. The Bertz CT molecular complexity index is 552. The van der Waals surface area contributed by atoms with Gasteiger partial charge < -0.3 is 16.0 Å². The largest absolute Gasteiger partial charge is 0.372 e. The summed E-state index contributed by atoms with van der Waals surface area (Å²) >= 11 is 0. The number of carbonyl (C=O) groups excluding carboxylic acids is 2. The van der Waals surface area contributed by atoms with Gasteiger partial charge in [-0.1, -0.05) is 0 Å². The lowest BCUT2D eigenvalue weighted by Crippen LogP contribution is -2.43. The van der Waals surface area contributed by atoms with E-state index in [4.69, 9.17) is 0 Å². The van der Waals surface area contributed by atoms with Crippen molar-refractivity contribution in [3.05, 3.63) is 23.3 Å². The molecule has 1 aromatic rings. The number of hydrogen-bond acceptors (Lipinski definition) is 3. The number of benzene rings is 1. The summed E-state index contributed by atoms with van der Waals surface area (Å²) < 4.78 is 0. The highest BCUT2D eigenvalue weighted by Gasteiger charge is 2.27. The van der Waals surface area contributed by atoms with Gasteiger partial charge in [-0.25, -0.2) is 0 Å². The van der Waals surface area contributed by atoms with E-state index in [1.807, 2.05) is 39.8 Å². The first kappa shape index (κ1) is 14.4. The first-order chi connectivity index (χ1) is 9.36. The topological polar surface area (TPSA) is 70.2 Å². The summed E-state index contributed by atoms with van der Waals surface area (Å²) in [7, 11) is 0. The minimum absolute atomic E-state index is 0.0753. The van der Waals surface area contributed by atoms with Crippen LogP contribution in [-0.2, 0) is 9.59 Å². The molecule has 0 saturated carbocycles. The number of hydrogen-bond donors (Lipinski definition) is 3. The van der Waals surface area contributed by atoms with Gasteiger partial charge in [0.05, 0.1) is 17.8 Å². The van der Waals surface area contributed by atoms with Crippen molar-refractivity contribution in [1.82, 2.24) is 5.32 Å². The summed E-state index contributed by atoms with van der Waals surface area (Å²) in [5.74, 6) is -0.292. The highest BCUT2D eigenvalue weighted by Crippen LogP contribution is 2.30. The number of rotatable bonds is 3. The fourth-order valence-corrected chi connectivity index (χ4v) is 2.22. The average molecular weight is 275 g/mol. The van der Waals surface area contributed by atoms with Gasteiger partial charge in [0, 0.05) is 6.04 Å². The Kier molecular flexibility index (Phi) is 3.97. The van der Waals surface area contributed by atoms with Crippen LogP contribution in [0.1, 0.15) is 31.4 Å². The van der Waals surface area contributed by atoms with Crippen LogP contribution in [0.15, 0.2) is 12.1 Å². The van der Waals surface area contributed by atoms with Crippen molar-refractivity contribution < 1.29 is 9.59 Å². The molecule has 0 aromatic heterocycles. The third-order valence-corrected chi connectivity index (χ3v) is 3.38. The van der Waals surface area contributed by atoms with Gasteiger partial charge in [0.2, 0.25) is 11.8 Å². The van der Waals surface area contributed by atoms with Crippen molar-refractivity contribution in [3.63, 3.8) is 0 Å². The number of anilines is 2. The van der Waals surface area contributed by atoms with Crippen LogP contribution in [0.3, 0.4) is 0 Å². The summed E-state index contributed by atoms with van der Waals surface area (Å²) in [5, 5.41) is 8.80. The molecule has 0 fully saturated rings. The number of aryl methyl sites for hydroxylation is 2. The van der Waals surface area contributed by atoms with E-state index in [1.54, 1.807) is 0 Å². The summed E-state index contributed by atoms with van der Waals surface area (Å²) in [6, 6.07) is 3.49. The third-order valence-electron chi connectivity index (χ3n) is 3.38. The monoisotopic (exact) mass is 275 g/mol. The molecular weight excluding hydrogens is 254 g/mol. The molecule has 1 heterocycles. The van der Waals surface area contributed by atoms with E-state index < -0.39 is 6.04 Å². The normalized spacial score (nSPS) is 17.2. The van der Waals surface area contributed by atoms with Gasteiger partial charge in [0.15, 0.2) is 0 Å². The van der Waals surface area contributed by atoms with E-state index in [-0.39, 0.29) is 24.3 Å². The van der Waals surface area contributed by atoms with Crippen LogP contribution in [-0.4, -0.2) is 23.9 Å². The van der Waals surface area contributed by atoms with Gasteiger partial charge in [-0.3, -0.25) is 9.59 Å². The fourth-order valence-electron chi connectivity index (χ4n) is 2.22. The number of nitrogens with one attached hydrogen (secondary N) is 3. The third kappa shape index (κ3) is 3.10. The summed E-state index contributed by atoms with van der Waals surface area (Å²) in [5.41, 5.74) is 3.92. The maximum absolute atomic E-state index is 12.0. The molecule has 2 amide bonds. The molecule has 1 aliphatic rings. The molecule has 1 aromatic carbocycles. The average Bonchev–Trinajstić information content (AvgIpc) is 2.32. The van der Waals surface area contributed by atoms with E-state index in [1.165, 1.54) is 0 Å². The zero-order valence-electron chi connectivity index (χ0n) is 12.3. The second-order valence-corrected chi connectivity index (χ2v) is 5.59. The lowest BCUT2D eigenvalue weighted by atomic mass is 10.0. The van der Waals surface area contributed by atoms with Gasteiger partial charge in [-0.2, -0.15) is 0 Å². The first-order valence-corrected chi connectivity index (χ1v) is 6.85. The second-order valence-electron chi connectivity index (χ2n) is 5.59. The van der Waals surface area contributed by atoms with Crippen LogP contribution in [0.5, 0.6) is 0 Å². The van der Waals surface area contributed by atoms with Crippen LogP contribution in [0.2, 0.25) is 0 Å². The van der Waals surface area contributed by atoms with Crippen molar-refractivity contribution in [2.24, 2.45) is 0 Å². The van der Waals surface area contributed by atoms with Crippen LogP contribution in [0, 0.1) is 13.8 Å². The Labute approximate surface area is 119 Å². The molecule has 2 rings (SSSR count). The maximum atomic E-state index is 12.0. The molecule has 0 unspecified atom stereocenters. The van der Waals surface area contributed by atoms with E-state index >= 15 is 0 Å². The number of carbonyl (C=O) groups is 2. The second kappa shape index (κ2) is 5.53. The molecule has 5 heteroatoms. The van der Waals surface area contributed by atoms with E-state index in [0.717, 1.165) is 22.5 Å². The molecule has 0 radical (unpaired) electrons. The highest BCUT2D eigenvalue weighted by atomic mass is 16.2. The van der Waals surface area contributed by atoms with Crippen molar-refractivity contribution >= 4 is 23.2 Å². The Hall–Kier alpha value is -2.04. The number of amides is 2. The molecule has 0 aliphatic carbocycles. The highest BCUT2D eigenvalue weighted by molar-refractivity contribution is 6.05. The Morgan fingerprint density at radius 2 is 1.85 bits per heavy atom. The van der Waals surface area contributed by atoms with Crippen LogP contribution < -0.4 is 16.0 Å². The minimum Gasteiger partial charge on any atom is -0.372 e. The van der Waals surface area contributed by atoms with Gasteiger partial charge >= 0.3 is 0 Å². The molecule has 1 atom stereocenters. The van der Waals surface area contributed by atoms with E-state index in [2.05, 4.69) is 16.0 Å². The van der Waals surface area contributed by atoms with Gasteiger partial charge in [-0.15, -0.1) is 0 Å². The maximum Gasteiger partial charge on any atom is 0.247 e. The standard InChI is InChI=1S/C15H21N3O2/c1-8(2)16-14(19)7-13-15(20)18-12-6-10(4)9(3)5-11(12)17-13/h5-6,8,13,17H,7H2,1-4H3,(H,16,19)(H,18,20)/t13-/m0/s1. The van der Waals surface area contributed by atoms with Crippen molar-refractivity contribution in [3.8, 4) is 0 Å². The zero-order chi connectivity index (χ0) is 14.9. The van der Waals surface area contributed by atoms with Crippen molar-refractivity contribution in [2.75, 3.05) is 10.6 Å². The van der Waals surface area contributed by atoms with Crippen molar-refractivity contribution in [2.45, 2.75) is 46.2 Å². The van der Waals surface area contributed by atoms with Gasteiger partial charge in [-0.05, 0) is 51.0 Å². The first-order valence-electron chi connectivity index (χ1n) is 6.85. The Morgan fingerprint density at radius 1 is 1.25 bits per heavy atom. The summed E-state index contributed by atoms with van der Waals surface area (Å²) in [4.78, 5) is 23.8. The fraction of sp³-hybridized carbons (Fsp3) is 0.467. The van der Waals surface area contributed by atoms with E-state index in [9.17, 15) is 9.59 Å². The smallest absolute Gasteiger partial charge is 0.247 e. The van der Waals surface area contributed by atoms with Gasteiger partial charge in [0.25, 0.3) is 0 Å². The SMILES string of the molecule is Cc1cc2c(cc1C)N[C@@H](CC(=O)NC(C)C)C(=O)N2. The zero-order valence-corrected chi connectivity index (χ0v) is 12.3. The Morgan fingerprint density at radius 3 is 2.45 bits per heavy atom. The summed E-state index contributed by atoms with van der Waals surface area (Å²) in [6.07, 6.45) is 0.135. The minimum atomic E-state index is -0.525. The number of fused-ring (bicyclic) bond motifs is 1. The van der Waals surface area contributed by atoms with Crippen molar-refractivity contribution in [1.29, 1.82) is 0 Å². The van der Waals surface area contributed by atoms with E-state index in [0.29, 0.717) is 0 Å². The predicted octanol–water partition coefficient (Wildman–Crippen LogP) is 1.95. The molecule has 1 aliphatic heterocycles. The Balaban J connectivity index is 2.13. The molecular formula is C15H21N3O2. The summed E-state index contributed by atoms with van der Waals surface area (Å²) in [6.45, 7) is 7.82. The van der Waals surface area contributed by atoms with Crippen LogP contribution in [0.4, 0.5) is 11.4 Å². The molecule has 0 bridgehead atoms. The molecule has 0 spiro atoms.